The molecule has 1 saturated carbocycles. The maximum Gasteiger partial charge on any atom is 0.136 e. The fourth-order valence-corrected chi connectivity index (χ4v) is 1.61. The van der Waals surface area contributed by atoms with Crippen molar-refractivity contribution < 1.29 is 9.53 Å². The fourth-order valence-electron chi connectivity index (χ4n) is 1.61. The summed E-state index contributed by atoms with van der Waals surface area (Å²) in [4.78, 5) is 11.7. The minimum atomic E-state index is -0.154. The number of Topliss-reactive ketones (excluding diaryl/α,β-unsaturated/α-hetero) is 1. The second-order valence-electron chi connectivity index (χ2n) is 5.06. The van der Waals surface area contributed by atoms with Gasteiger partial charge in [0.05, 0.1) is 5.60 Å². The van der Waals surface area contributed by atoms with E-state index in [2.05, 4.69) is 6.92 Å². The van der Waals surface area contributed by atoms with E-state index in [1.807, 2.05) is 13.8 Å². The van der Waals surface area contributed by atoms with Gasteiger partial charge in [0.15, 0.2) is 0 Å². The van der Waals surface area contributed by atoms with Gasteiger partial charge in [-0.15, -0.1) is 0 Å². The highest BCUT2D eigenvalue weighted by Crippen LogP contribution is 2.37. The molecule has 2 heteroatoms. The van der Waals surface area contributed by atoms with Gasteiger partial charge in [0.2, 0.25) is 0 Å². The van der Waals surface area contributed by atoms with Crippen LogP contribution in [-0.2, 0) is 9.53 Å². The normalized spacial score (nSPS) is 19.4. The van der Waals surface area contributed by atoms with Crippen molar-refractivity contribution >= 4 is 5.78 Å². The summed E-state index contributed by atoms with van der Waals surface area (Å²) in [6.07, 6.45) is 4.00. The van der Waals surface area contributed by atoms with Crippen LogP contribution in [0, 0.1) is 11.8 Å². The third-order valence-corrected chi connectivity index (χ3v) is 3.36. The molecule has 1 fully saturated rings. The molecule has 0 aromatic carbocycles. The standard InChI is InChI=1S/C12H22O2/c1-9(10-5-6-10)11(13)7-8-12(2,3)14-4/h9-10H,5-8H2,1-4H3. The van der Waals surface area contributed by atoms with Gasteiger partial charge in [-0.3, -0.25) is 4.79 Å². The van der Waals surface area contributed by atoms with Gasteiger partial charge in [0.25, 0.3) is 0 Å². The first-order valence-corrected chi connectivity index (χ1v) is 5.54. The number of carbonyl (C=O) groups is 1. The largest absolute Gasteiger partial charge is 0.379 e. The van der Waals surface area contributed by atoms with Gasteiger partial charge in [-0.1, -0.05) is 6.92 Å². The Morgan fingerprint density at radius 2 is 2.07 bits per heavy atom. The summed E-state index contributed by atoms with van der Waals surface area (Å²) in [5.74, 6) is 1.38. The van der Waals surface area contributed by atoms with E-state index >= 15 is 0 Å². The Hall–Kier alpha value is -0.370. The molecule has 1 rings (SSSR count). The molecule has 1 aliphatic rings. The van der Waals surface area contributed by atoms with Crippen LogP contribution in [0.1, 0.15) is 46.5 Å². The number of hydrogen-bond acceptors (Lipinski definition) is 2. The first-order chi connectivity index (χ1) is 6.46. The van der Waals surface area contributed by atoms with E-state index < -0.39 is 0 Å². The van der Waals surface area contributed by atoms with E-state index in [-0.39, 0.29) is 11.5 Å². The number of hydrogen-bond donors (Lipinski definition) is 0. The van der Waals surface area contributed by atoms with Crippen LogP contribution in [0.2, 0.25) is 0 Å². The van der Waals surface area contributed by atoms with E-state index in [1.54, 1.807) is 7.11 Å². The lowest BCUT2D eigenvalue weighted by Crippen LogP contribution is -2.25. The Kier molecular flexibility index (Phi) is 3.71. The molecule has 0 amide bonds. The summed E-state index contributed by atoms with van der Waals surface area (Å²) in [7, 11) is 1.70. The molecule has 0 spiro atoms. The first kappa shape index (κ1) is 11.7. The zero-order chi connectivity index (χ0) is 10.8. The van der Waals surface area contributed by atoms with E-state index in [9.17, 15) is 4.79 Å². The molecule has 0 aliphatic heterocycles. The maximum absolute atomic E-state index is 11.7. The zero-order valence-corrected chi connectivity index (χ0v) is 9.80. The molecule has 1 atom stereocenters. The van der Waals surface area contributed by atoms with Crippen LogP contribution in [-0.4, -0.2) is 18.5 Å². The Balaban J connectivity index is 2.26. The van der Waals surface area contributed by atoms with Gasteiger partial charge in [-0.2, -0.15) is 0 Å². The Labute approximate surface area is 87.0 Å². The lowest BCUT2D eigenvalue weighted by atomic mass is 9.93. The lowest BCUT2D eigenvalue weighted by Gasteiger charge is -2.22. The van der Waals surface area contributed by atoms with Gasteiger partial charge >= 0.3 is 0 Å². The number of rotatable bonds is 6. The van der Waals surface area contributed by atoms with Crippen molar-refractivity contribution in [3.05, 3.63) is 0 Å². The summed E-state index contributed by atoms with van der Waals surface area (Å²) in [6, 6.07) is 0. The Morgan fingerprint density at radius 1 is 1.50 bits per heavy atom. The molecule has 0 heterocycles. The maximum atomic E-state index is 11.7. The smallest absolute Gasteiger partial charge is 0.136 e. The number of carbonyl (C=O) groups excluding carboxylic acids is 1. The zero-order valence-electron chi connectivity index (χ0n) is 9.80. The average molecular weight is 198 g/mol. The second kappa shape index (κ2) is 4.43. The van der Waals surface area contributed by atoms with Crippen molar-refractivity contribution in [1.82, 2.24) is 0 Å². The molecule has 1 aliphatic carbocycles. The molecule has 0 aromatic heterocycles. The summed E-state index contributed by atoms with van der Waals surface area (Å²) < 4.78 is 5.29. The number of ketones is 1. The minimum absolute atomic E-state index is 0.154. The Morgan fingerprint density at radius 3 is 2.50 bits per heavy atom. The third-order valence-electron chi connectivity index (χ3n) is 3.36. The average Bonchev–Trinajstić information content (AvgIpc) is 2.96. The van der Waals surface area contributed by atoms with E-state index in [0.717, 1.165) is 6.42 Å². The van der Waals surface area contributed by atoms with Crippen molar-refractivity contribution in [1.29, 1.82) is 0 Å². The third kappa shape index (κ3) is 3.41. The minimum Gasteiger partial charge on any atom is -0.379 e. The van der Waals surface area contributed by atoms with Gasteiger partial charge in [0, 0.05) is 19.4 Å². The monoisotopic (exact) mass is 198 g/mol. The predicted octanol–water partition coefficient (Wildman–Crippen LogP) is 2.81. The van der Waals surface area contributed by atoms with Crippen molar-refractivity contribution in [3.63, 3.8) is 0 Å². The van der Waals surface area contributed by atoms with Crippen LogP contribution in [0.4, 0.5) is 0 Å². The van der Waals surface area contributed by atoms with Crippen LogP contribution in [0.3, 0.4) is 0 Å². The van der Waals surface area contributed by atoms with Crippen LogP contribution >= 0.6 is 0 Å². The molecular formula is C12H22O2. The van der Waals surface area contributed by atoms with Crippen molar-refractivity contribution in [3.8, 4) is 0 Å². The highest BCUT2D eigenvalue weighted by molar-refractivity contribution is 5.81. The molecular weight excluding hydrogens is 176 g/mol. The molecule has 0 N–H and O–H groups in total. The molecule has 14 heavy (non-hydrogen) atoms. The first-order valence-electron chi connectivity index (χ1n) is 5.54. The molecule has 82 valence electrons. The number of methoxy groups -OCH3 is 1. The van der Waals surface area contributed by atoms with Gasteiger partial charge < -0.3 is 4.74 Å². The predicted molar refractivity (Wildman–Crippen MR) is 57.2 cm³/mol. The van der Waals surface area contributed by atoms with Gasteiger partial charge in [-0.05, 0) is 39.0 Å². The van der Waals surface area contributed by atoms with Crippen molar-refractivity contribution in [2.45, 2.75) is 52.1 Å². The topological polar surface area (TPSA) is 26.3 Å². The van der Waals surface area contributed by atoms with Crippen LogP contribution < -0.4 is 0 Å². The molecule has 0 saturated heterocycles. The highest BCUT2D eigenvalue weighted by atomic mass is 16.5. The van der Waals surface area contributed by atoms with Gasteiger partial charge in [0.1, 0.15) is 5.78 Å². The molecule has 0 radical (unpaired) electrons. The summed E-state index contributed by atoms with van der Waals surface area (Å²) in [6.45, 7) is 6.13. The summed E-state index contributed by atoms with van der Waals surface area (Å²) in [5.41, 5.74) is -0.154. The van der Waals surface area contributed by atoms with Crippen LogP contribution in [0.15, 0.2) is 0 Å². The molecule has 1 unspecified atom stereocenters. The second-order valence-corrected chi connectivity index (χ2v) is 5.06. The lowest BCUT2D eigenvalue weighted by molar-refractivity contribution is -0.124. The van der Waals surface area contributed by atoms with Gasteiger partial charge in [-0.25, -0.2) is 0 Å². The summed E-state index contributed by atoms with van der Waals surface area (Å²) >= 11 is 0. The molecule has 2 nitrogen and oxygen atoms in total. The number of ether oxygens (including phenoxy) is 1. The quantitative estimate of drug-likeness (QED) is 0.656. The Bertz CT molecular complexity index is 204. The van der Waals surface area contributed by atoms with Crippen LogP contribution in [0.5, 0.6) is 0 Å². The van der Waals surface area contributed by atoms with Crippen LogP contribution in [0.25, 0.3) is 0 Å². The SMILES string of the molecule is COC(C)(C)CCC(=O)C(C)C1CC1. The summed E-state index contributed by atoms with van der Waals surface area (Å²) in [5, 5.41) is 0. The fraction of sp³-hybridized carbons (Fsp3) is 0.917. The van der Waals surface area contributed by atoms with E-state index in [0.29, 0.717) is 18.1 Å². The molecule has 0 bridgehead atoms. The highest BCUT2D eigenvalue weighted by Gasteiger charge is 2.32. The molecule has 0 aromatic rings. The van der Waals surface area contributed by atoms with E-state index in [4.69, 9.17) is 4.74 Å². The van der Waals surface area contributed by atoms with Crippen molar-refractivity contribution in [2.24, 2.45) is 11.8 Å². The van der Waals surface area contributed by atoms with E-state index in [1.165, 1.54) is 12.8 Å². The van der Waals surface area contributed by atoms with Crippen molar-refractivity contribution in [2.75, 3.05) is 7.11 Å².